The lowest BCUT2D eigenvalue weighted by molar-refractivity contribution is 0.0422. The van der Waals surface area contributed by atoms with Crippen molar-refractivity contribution >= 4 is 11.9 Å². The highest BCUT2D eigenvalue weighted by atomic mass is 16.5. The fourth-order valence-corrected chi connectivity index (χ4v) is 2.69. The Hall–Kier alpha value is -2.32. The minimum atomic E-state index is -0.595. The Labute approximate surface area is 133 Å². The molecule has 0 aromatic heterocycles. The fourth-order valence-electron chi connectivity index (χ4n) is 2.69. The molecule has 0 radical (unpaired) electrons. The molecule has 3 rings (SSSR count). The third kappa shape index (κ3) is 3.38. The van der Waals surface area contributed by atoms with E-state index in [0.29, 0.717) is 57.3 Å². The summed E-state index contributed by atoms with van der Waals surface area (Å²) in [4.78, 5) is 27.6. The average molecular weight is 321 g/mol. The van der Waals surface area contributed by atoms with E-state index in [2.05, 4.69) is 0 Å². The zero-order valence-corrected chi connectivity index (χ0v) is 12.7. The van der Waals surface area contributed by atoms with Gasteiger partial charge < -0.3 is 19.3 Å². The van der Waals surface area contributed by atoms with Crippen molar-refractivity contribution in [1.82, 2.24) is 15.3 Å². The Morgan fingerprint density at radius 2 is 1.83 bits per heavy atom. The molecular weight excluding hydrogens is 302 g/mol. The van der Waals surface area contributed by atoms with Gasteiger partial charge in [-0.3, -0.25) is 10.0 Å². The zero-order valence-electron chi connectivity index (χ0n) is 12.7. The quantitative estimate of drug-likeness (QED) is 0.579. The van der Waals surface area contributed by atoms with Crippen LogP contribution in [0.2, 0.25) is 0 Å². The van der Waals surface area contributed by atoms with Gasteiger partial charge in [-0.25, -0.2) is 10.3 Å². The summed E-state index contributed by atoms with van der Waals surface area (Å²) in [6, 6.07) is 4.88. The van der Waals surface area contributed by atoms with Gasteiger partial charge in [0.25, 0.3) is 5.91 Å². The molecule has 1 aromatic carbocycles. The third-order valence-electron chi connectivity index (χ3n) is 3.96. The molecule has 0 spiro atoms. The van der Waals surface area contributed by atoms with Crippen LogP contribution in [0.1, 0.15) is 15.9 Å². The molecule has 2 aliphatic heterocycles. The third-order valence-corrected chi connectivity index (χ3v) is 3.96. The molecule has 2 heterocycles. The fraction of sp³-hybridized carbons (Fsp3) is 0.467. The Kier molecular flexibility index (Phi) is 4.63. The number of hydrogen-bond acceptors (Lipinski definition) is 5. The van der Waals surface area contributed by atoms with Crippen molar-refractivity contribution in [3.05, 3.63) is 29.3 Å². The highest BCUT2D eigenvalue weighted by molar-refractivity contribution is 5.93. The van der Waals surface area contributed by atoms with E-state index in [4.69, 9.17) is 14.7 Å². The van der Waals surface area contributed by atoms with Crippen molar-refractivity contribution in [1.29, 1.82) is 0 Å². The first-order valence-corrected chi connectivity index (χ1v) is 7.51. The summed E-state index contributed by atoms with van der Waals surface area (Å²) >= 11 is 0. The number of nitrogens with zero attached hydrogens (tertiary/aromatic N) is 2. The second kappa shape index (κ2) is 6.84. The van der Waals surface area contributed by atoms with E-state index in [1.807, 2.05) is 0 Å². The first kappa shape index (κ1) is 15.6. The summed E-state index contributed by atoms with van der Waals surface area (Å²) in [5.41, 5.74) is 2.73. The second-order valence-electron chi connectivity index (χ2n) is 5.42. The molecule has 0 bridgehead atoms. The van der Waals surface area contributed by atoms with Crippen molar-refractivity contribution in [2.75, 3.05) is 39.5 Å². The molecule has 3 amide bonds. The predicted molar refractivity (Wildman–Crippen MR) is 79.4 cm³/mol. The molecule has 0 saturated carbocycles. The monoisotopic (exact) mass is 321 g/mol. The molecule has 124 valence electrons. The van der Waals surface area contributed by atoms with Crippen LogP contribution in [0.5, 0.6) is 5.75 Å². The molecular formula is C15H19N3O5. The van der Waals surface area contributed by atoms with E-state index in [1.165, 1.54) is 0 Å². The number of hydroxylamine groups is 1. The lowest BCUT2D eigenvalue weighted by Crippen LogP contribution is -2.48. The van der Waals surface area contributed by atoms with Gasteiger partial charge in [-0.15, -0.1) is 0 Å². The number of fused-ring (bicyclic) bond motifs is 1. The number of carbonyl (C=O) groups is 2. The summed E-state index contributed by atoms with van der Waals surface area (Å²) < 4.78 is 10.9. The predicted octanol–water partition coefficient (Wildman–Crippen LogP) is 0.452. The van der Waals surface area contributed by atoms with E-state index in [1.54, 1.807) is 33.5 Å². The lowest BCUT2D eigenvalue weighted by Gasteiger charge is -2.32. The second-order valence-corrected chi connectivity index (χ2v) is 5.42. The first-order chi connectivity index (χ1) is 11.2. The topological polar surface area (TPSA) is 91.3 Å². The van der Waals surface area contributed by atoms with Crippen LogP contribution in [0.3, 0.4) is 0 Å². The highest BCUT2D eigenvalue weighted by Gasteiger charge is 2.26. The molecule has 0 unspecified atom stereocenters. The maximum absolute atomic E-state index is 12.6. The number of morpholine rings is 1. The van der Waals surface area contributed by atoms with Gasteiger partial charge >= 0.3 is 6.03 Å². The van der Waals surface area contributed by atoms with E-state index in [-0.39, 0.29) is 6.03 Å². The van der Waals surface area contributed by atoms with Crippen LogP contribution in [0.15, 0.2) is 18.2 Å². The maximum atomic E-state index is 12.6. The van der Waals surface area contributed by atoms with E-state index in [0.717, 1.165) is 5.56 Å². The Bertz CT molecular complexity index is 601. The van der Waals surface area contributed by atoms with Crippen LogP contribution >= 0.6 is 0 Å². The molecule has 2 aliphatic rings. The lowest BCUT2D eigenvalue weighted by atomic mass is 10.1. The molecule has 1 aromatic rings. The molecule has 0 atom stereocenters. The summed E-state index contributed by atoms with van der Waals surface area (Å²) in [6.07, 6.45) is 0. The van der Waals surface area contributed by atoms with Gasteiger partial charge in [-0.05, 0) is 12.1 Å². The van der Waals surface area contributed by atoms with Crippen molar-refractivity contribution < 1.29 is 24.3 Å². The van der Waals surface area contributed by atoms with Gasteiger partial charge in [0, 0.05) is 24.2 Å². The minimum absolute atomic E-state index is 0.0260. The number of ether oxygens (including phenoxy) is 2. The number of hydrogen-bond donors (Lipinski definition) is 2. The van der Waals surface area contributed by atoms with E-state index in [9.17, 15) is 9.59 Å². The van der Waals surface area contributed by atoms with Gasteiger partial charge in [0.1, 0.15) is 12.4 Å². The summed E-state index contributed by atoms with van der Waals surface area (Å²) in [6.45, 7) is 3.57. The standard InChI is InChI=1S/C15H19N3O5/c19-14(16-21)11-1-2-12-10-18(5-8-23-13(12)9-11)15(20)17-3-6-22-7-4-17/h1-2,9,21H,3-8,10H2,(H,16,19). The summed E-state index contributed by atoms with van der Waals surface area (Å²) in [5, 5.41) is 8.70. The van der Waals surface area contributed by atoms with Crippen LogP contribution in [0.25, 0.3) is 0 Å². The summed E-state index contributed by atoms with van der Waals surface area (Å²) in [7, 11) is 0. The van der Waals surface area contributed by atoms with Crippen LogP contribution in [0.4, 0.5) is 4.79 Å². The molecule has 0 aliphatic carbocycles. The normalized spacial score (nSPS) is 17.8. The molecule has 1 fully saturated rings. The van der Waals surface area contributed by atoms with Crippen molar-refractivity contribution in [3.63, 3.8) is 0 Å². The van der Waals surface area contributed by atoms with Gasteiger partial charge in [0.05, 0.1) is 26.3 Å². The summed E-state index contributed by atoms with van der Waals surface area (Å²) in [5.74, 6) is -0.0368. The van der Waals surface area contributed by atoms with Crippen molar-refractivity contribution in [2.24, 2.45) is 0 Å². The number of urea groups is 1. The van der Waals surface area contributed by atoms with Gasteiger partial charge in [-0.1, -0.05) is 6.07 Å². The van der Waals surface area contributed by atoms with Crippen LogP contribution in [0, 0.1) is 0 Å². The Morgan fingerprint density at radius 3 is 2.57 bits per heavy atom. The van der Waals surface area contributed by atoms with Gasteiger partial charge in [0.2, 0.25) is 0 Å². The number of rotatable bonds is 1. The minimum Gasteiger partial charge on any atom is -0.491 e. The largest absolute Gasteiger partial charge is 0.491 e. The SMILES string of the molecule is O=C(NO)c1ccc2c(c1)OCCN(C(=O)N1CCOCC1)C2. The number of amides is 3. The van der Waals surface area contributed by atoms with E-state index >= 15 is 0 Å². The van der Waals surface area contributed by atoms with Crippen LogP contribution in [-0.4, -0.2) is 66.4 Å². The highest BCUT2D eigenvalue weighted by Crippen LogP contribution is 2.25. The average Bonchev–Trinajstić information content (AvgIpc) is 2.82. The molecule has 2 N–H and O–H groups in total. The number of benzene rings is 1. The molecule has 1 saturated heterocycles. The molecule has 8 nitrogen and oxygen atoms in total. The van der Waals surface area contributed by atoms with E-state index < -0.39 is 5.91 Å². The van der Waals surface area contributed by atoms with Crippen molar-refractivity contribution in [2.45, 2.75) is 6.54 Å². The smallest absolute Gasteiger partial charge is 0.320 e. The Morgan fingerprint density at radius 1 is 1.09 bits per heavy atom. The van der Waals surface area contributed by atoms with Gasteiger partial charge in [-0.2, -0.15) is 0 Å². The maximum Gasteiger partial charge on any atom is 0.320 e. The number of nitrogens with one attached hydrogen (secondary N) is 1. The molecule has 23 heavy (non-hydrogen) atoms. The molecule has 8 heteroatoms. The Balaban J connectivity index is 1.75. The zero-order chi connectivity index (χ0) is 16.2. The first-order valence-electron chi connectivity index (χ1n) is 7.51. The van der Waals surface area contributed by atoms with Gasteiger partial charge in [0.15, 0.2) is 0 Å². The van der Waals surface area contributed by atoms with Crippen molar-refractivity contribution in [3.8, 4) is 5.75 Å². The van der Waals surface area contributed by atoms with Crippen LogP contribution in [-0.2, 0) is 11.3 Å². The van der Waals surface area contributed by atoms with Crippen LogP contribution < -0.4 is 10.2 Å². The number of carbonyl (C=O) groups excluding carboxylic acids is 2.